The topological polar surface area (TPSA) is 122 Å². The fraction of sp³-hybridized carbons (Fsp3) is 0.214. The molecule has 0 bridgehead atoms. The van der Waals surface area contributed by atoms with E-state index in [4.69, 9.17) is 14.2 Å². The van der Waals surface area contributed by atoms with E-state index < -0.39 is 0 Å². The molecule has 0 aliphatic heterocycles. The maximum atomic E-state index is 12.2. The summed E-state index contributed by atoms with van der Waals surface area (Å²) in [4.78, 5) is 24.3. The molecule has 0 saturated heterocycles. The van der Waals surface area contributed by atoms with Gasteiger partial charge in [0.2, 0.25) is 5.91 Å². The van der Waals surface area contributed by atoms with Crippen molar-refractivity contribution in [2.45, 2.75) is 20.0 Å². The number of carbonyl (C=O) groups is 2. The zero-order valence-corrected chi connectivity index (χ0v) is 22.6. The lowest BCUT2D eigenvalue weighted by Gasteiger charge is -2.15. The first-order chi connectivity index (χ1) is 18.4. The van der Waals surface area contributed by atoms with Crippen LogP contribution in [0.5, 0.6) is 17.2 Å². The summed E-state index contributed by atoms with van der Waals surface area (Å²) in [6.07, 6.45) is 1.54. The van der Waals surface area contributed by atoms with Crippen LogP contribution in [0.1, 0.15) is 40.4 Å². The van der Waals surface area contributed by atoms with E-state index in [0.717, 1.165) is 5.56 Å². The summed E-state index contributed by atoms with van der Waals surface area (Å²) in [5, 5.41) is 16.0. The van der Waals surface area contributed by atoms with Crippen molar-refractivity contribution < 1.29 is 23.8 Å². The summed E-state index contributed by atoms with van der Waals surface area (Å²) in [6, 6.07) is 19.6. The first-order valence-electron chi connectivity index (χ1n) is 11.8. The van der Waals surface area contributed by atoms with Crippen molar-refractivity contribution in [3.8, 4) is 23.3 Å². The number of hydrogen-bond donors (Lipinski definition) is 2. The molecule has 38 heavy (non-hydrogen) atoms. The van der Waals surface area contributed by atoms with E-state index in [2.05, 4.69) is 37.8 Å². The Bertz CT molecular complexity index is 1340. The van der Waals surface area contributed by atoms with Gasteiger partial charge in [0.1, 0.15) is 12.4 Å². The predicted octanol–water partition coefficient (Wildman–Crippen LogP) is 4.58. The van der Waals surface area contributed by atoms with Gasteiger partial charge in [0.25, 0.3) is 5.91 Å². The molecule has 0 aliphatic carbocycles. The van der Waals surface area contributed by atoms with Crippen molar-refractivity contribution in [2.75, 3.05) is 20.3 Å². The Labute approximate surface area is 229 Å². The molecule has 0 radical (unpaired) electrons. The molecule has 0 fully saturated rings. The molecule has 0 aliphatic rings. The summed E-state index contributed by atoms with van der Waals surface area (Å²) in [5.41, 5.74) is 4.89. The number of carbonyl (C=O) groups excluding carboxylic acids is 2. The Morgan fingerprint density at radius 1 is 1.11 bits per heavy atom. The number of halogens is 1. The Hall–Kier alpha value is -4.36. The molecule has 3 aromatic carbocycles. The second kappa shape index (κ2) is 14.4. The largest absolute Gasteiger partial charge is 0.497 e. The van der Waals surface area contributed by atoms with E-state index >= 15 is 0 Å². The summed E-state index contributed by atoms with van der Waals surface area (Å²) in [6.45, 7) is 2.63. The van der Waals surface area contributed by atoms with E-state index in [-0.39, 0.29) is 31.4 Å². The summed E-state index contributed by atoms with van der Waals surface area (Å²) >= 11 is 3.51. The lowest BCUT2D eigenvalue weighted by Crippen LogP contribution is -2.29. The molecule has 3 aromatic rings. The van der Waals surface area contributed by atoms with Crippen LogP contribution >= 0.6 is 15.9 Å². The Kier molecular flexibility index (Phi) is 10.7. The van der Waals surface area contributed by atoms with Gasteiger partial charge in [0.15, 0.2) is 11.5 Å². The van der Waals surface area contributed by atoms with E-state index in [9.17, 15) is 14.9 Å². The molecule has 9 nitrogen and oxygen atoms in total. The third kappa shape index (κ3) is 8.08. The van der Waals surface area contributed by atoms with Gasteiger partial charge < -0.3 is 19.5 Å². The number of amides is 2. The van der Waals surface area contributed by atoms with Crippen LogP contribution in [-0.4, -0.2) is 38.3 Å². The van der Waals surface area contributed by atoms with Crippen molar-refractivity contribution in [3.05, 3.63) is 87.4 Å². The first kappa shape index (κ1) is 28.2. The fourth-order valence-electron chi connectivity index (χ4n) is 3.34. The molecule has 2 amide bonds. The van der Waals surface area contributed by atoms with Crippen molar-refractivity contribution in [2.24, 2.45) is 5.10 Å². The van der Waals surface area contributed by atoms with Crippen molar-refractivity contribution in [3.63, 3.8) is 0 Å². The average Bonchev–Trinajstić information content (AvgIpc) is 2.93. The highest BCUT2D eigenvalue weighted by Crippen LogP contribution is 2.37. The highest BCUT2D eigenvalue weighted by molar-refractivity contribution is 9.10. The van der Waals surface area contributed by atoms with Crippen LogP contribution in [0.4, 0.5) is 0 Å². The minimum atomic E-state index is -0.350. The van der Waals surface area contributed by atoms with E-state index in [1.807, 2.05) is 19.1 Å². The third-order valence-electron chi connectivity index (χ3n) is 5.23. The fourth-order valence-corrected chi connectivity index (χ4v) is 3.91. The van der Waals surface area contributed by atoms with Gasteiger partial charge >= 0.3 is 0 Å². The summed E-state index contributed by atoms with van der Waals surface area (Å²) in [7, 11) is 1.55. The van der Waals surface area contributed by atoms with Gasteiger partial charge in [0, 0.05) is 24.1 Å². The quantitative estimate of drug-likeness (QED) is 0.239. The van der Waals surface area contributed by atoms with Crippen LogP contribution < -0.4 is 25.0 Å². The Morgan fingerprint density at radius 3 is 2.58 bits per heavy atom. The van der Waals surface area contributed by atoms with Gasteiger partial charge in [-0.1, -0.05) is 18.2 Å². The van der Waals surface area contributed by atoms with Crippen molar-refractivity contribution in [1.29, 1.82) is 5.26 Å². The number of rotatable bonds is 12. The van der Waals surface area contributed by atoms with Crippen LogP contribution in [-0.2, 0) is 11.4 Å². The minimum absolute atomic E-state index is 0.0596. The molecule has 0 heterocycles. The number of methoxy groups -OCH3 is 1. The molecule has 0 spiro atoms. The molecule has 0 unspecified atom stereocenters. The highest BCUT2D eigenvalue weighted by atomic mass is 79.9. The minimum Gasteiger partial charge on any atom is -0.497 e. The predicted molar refractivity (Wildman–Crippen MR) is 146 cm³/mol. The monoisotopic (exact) mass is 578 g/mol. The molecular weight excluding hydrogens is 552 g/mol. The van der Waals surface area contributed by atoms with Gasteiger partial charge in [-0.15, -0.1) is 0 Å². The number of nitriles is 1. The smallest absolute Gasteiger partial charge is 0.251 e. The Balaban J connectivity index is 1.54. The number of nitrogens with one attached hydrogen (secondary N) is 2. The Morgan fingerprint density at radius 2 is 1.87 bits per heavy atom. The first-order valence-corrected chi connectivity index (χ1v) is 12.6. The maximum absolute atomic E-state index is 12.2. The number of hydrogen-bond acceptors (Lipinski definition) is 7. The second-order valence-corrected chi connectivity index (χ2v) is 8.70. The van der Waals surface area contributed by atoms with Crippen LogP contribution in [0.3, 0.4) is 0 Å². The molecule has 3 rings (SSSR count). The number of nitrogens with zero attached hydrogens (tertiary/aromatic N) is 2. The van der Waals surface area contributed by atoms with Crippen LogP contribution in [0.15, 0.2) is 70.2 Å². The molecule has 0 saturated carbocycles. The van der Waals surface area contributed by atoms with Crippen LogP contribution in [0.2, 0.25) is 0 Å². The molecule has 0 aromatic heterocycles. The lowest BCUT2D eigenvalue weighted by molar-refractivity contribution is -0.120. The lowest BCUT2D eigenvalue weighted by atomic mass is 10.1. The SMILES string of the molecule is CCOc1cc(C=NNC(=O)CCNC(=O)c2ccc(OC)cc2)cc(Br)c1OCc1ccccc1C#N. The number of ether oxygens (including phenoxy) is 3. The number of benzene rings is 3. The zero-order valence-electron chi connectivity index (χ0n) is 21.0. The van der Waals surface area contributed by atoms with Crippen molar-refractivity contribution in [1.82, 2.24) is 10.7 Å². The molecule has 196 valence electrons. The maximum Gasteiger partial charge on any atom is 0.251 e. The standard InChI is InChI=1S/C28H27BrN4O5/c1-3-37-25-15-19(14-24(29)27(25)38-18-22-7-5-4-6-21(22)16-30)17-32-33-26(34)12-13-31-28(35)20-8-10-23(36-2)11-9-20/h4-11,14-15,17H,3,12-13,18H2,1-2H3,(H,31,35)(H,33,34). The van der Waals surface area contributed by atoms with Gasteiger partial charge in [-0.25, -0.2) is 5.43 Å². The van der Waals surface area contributed by atoms with Gasteiger partial charge in [-0.2, -0.15) is 10.4 Å². The zero-order chi connectivity index (χ0) is 27.3. The summed E-state index contributed by atoms with van der Waals surface area (Å²) < 4.78 is 17.4. The van der Waals surface area contributed by atoms with Crippen LogP contribution in [0, 0.1) is 11.3 Å². The van der Waals surface area contributed by atoms with E-state index in [0.29, 0.717) is 45.0 Å². The molecular formula is C28H27BrN4O5. The van der Waals surface area contributed by atoms with Crippen molar-refractivity contribution >= 4 is 34.0 Å². The van der Waals surface area contributed by atoms with Crippen LogP contribution in [0.25, 0.3) is 0 Å². The molecule has 0 atom stereocenters. The summed E-state index contributed by atoms with van der Waals surface area (Å²) in [5.74, 6) is 1.01. The highest BCUT2D eigenvalue weighted by Gasteiger charge is 2.13. The van der Waals surface area contributed by atoms with E-state index in [1.54, 1.807) is 55.6 Å². The van der Waals surface area contributed by atoms with E-state index in [1.165, 1.54) is 6.21 Å². The van der Waals surface area contributed by atoms with Gasteiger partial charge in [-0.05, 0) is 70.9 Å². The molecule has 10 heteroatoms. The average molecular weight is 579 g/mol. The van der Waals surface area contributed by atoms with Gasteiger partial charge in [0.05, 0.1) is 36.0 Å². The molecule has 2 N–H and O–H groups in total. The van der Waals surface area contributed by atoms with Gasteiger partial charge in [-0.3, -0.25) is 9.59 Å². The number of hydrazone groups is 1. The normalized spacial score (nSPS) is 10.5. The third-order valence-corrected chi connectivity index (χ3v) is 5.82. The second-order valence-electron chi connectivity index (χ2n) is 7.85.